The lowest BCUT2D eigenvalue weighted by Crippen LogP contribution is -2.31. The number of benzene rings is 1. The highest BCUT2D eigenvalue weighted by Crippen LogP contribution is 2.24. The maximum absolute atomic E-state index is 12.9. The number of nitrogens with one attached hydrogen (secondary N) is 2. The molecule has 0 aliphatic rings. The Morgan fingerprint density at radius 2 is 1.79 bits per heavy atom. The lowest BCUT2D eigenvalue weighted by atomic mass is 10.0. The Morgan fingerprint density at radius 1 is 1.07 bits per heavy atom. The van der Waals surface area contributed by atoms with E-state index in [1.165, 1.54) is 0 Å². The smallest absolute Gasteiger partial charge is 0.292 e. The molecule has 1 aromatic carbocycles. The van der Waals surface area contributed by atoms with Crippen LogP contribution in [0.4, 0.5) is 5.69 Å². The first-order chi connectivity index (χ1) is 13.3. The van der Waals surface area contributed by atoms with E-state index in [4.69, 9.17) is 0 Å². The topological polar surface area (TPSA) is 85.1 Å². The van der Waals surface area contributed by atoms with E-state index in [0.29, 0.717) is 29.2 Å². The average molecular weight is 380 g/mol. The third kappa shape index (κ3) is 3.19. The first-order valence-corrected chi connectivity index (χ1v) is 9.11. The molecule has 0 saturated carbocycles. The van der Waals surface area contributed by atoms with Crippen LogP contribution in [0.25, 0.3) is 10.9 Å². The van der Waals surface area contributed by atoms with E-state index in [9.17, 15) is 14.4 Å². The number of carbonyl (C=O) groups excluding carboxylic acids is 3. The third-order valence-electron chi connectivity index (χ3n) is 5.06. The zero-order chi connectivity index (χ0) is 20.6. The van der Waals surface area contributed by atoms with Crippen molar-refractivity contribution < 1.29 is 14.4 Å². The fourth-order valence-corrected chi connectivity index (χ4v) is 3.54. The van der Waals surface area contributed by atoms with Crippen LogP contribution in [0.5, 0.6) is 0 Å². The van der Waals surface area contributed by atoms with Crippen LogP contribution in [-0.2, 0) is 18.9 Å². The highest BCUT2D eigenvalue weighted by atomic mass is 16.2. The largest absolute Gasteiger partial charge is 0.351 e. The maximum atomic E-state index is 12.9. The second-order valence-electron chi connectivity index (χ2n) is 6.84. The SMILES string of the molecule is CCNC(=O)C(=O)c1c(C)c(C(=O)Nc2ccc3c(ccn3C)c2)n(C)c1C. The second-order valence-corrected chi connectivity index (χ2v) is 6.84. The molecule has 0 aliphatic heterocycles. The predicted molar refractivity (Wildman–Crippen MR) is 109 cm³/mol. The van der Waals surface area contributed by atoms with Gasteiger partial charge in [0.15, 0.2) is 0 Å². The molecule has 2 amide bonds. The number of hydrogen-bond acceptors (Lipinski definition) is 3. The zero-order valence-corrected chi connectivity index (χ0v) is 16.7. The van der Waals surface area contributed by atoms with E-state index in [1.54, 1.807) is 32.4 Å². The first-order valence-electron chi connectivity index (χ1n) is 9.11. The molecule has 0 saturated heterocycles. The molecule has 7 nitrogen and oxygen atoms in total. The number of aromatic nitrogens is 2. The molecule has 0 atom stereocenters. The summed E-state index contributed by atoms with van der Waals surface area (Å²) in [5.74, 6) is -1.62. The van der Waals surface area contributed by atoms with Gasteiger partial charge >= 0.3 is 0 Å². The average Bonchev–Trinajstić information content (AvgIpc) is 3.12. The number of Topliss-reactive ketones (excluding diaryl/α,β-unsaturated/α-hetero) is 1. The second kappa shape index (κ2) is 7.34. The van der Waals surface area contributed by atoms with Gasteiger partial charge < -0.3 is 19.8 Å². The minimum atomic E-state index is -0.666. The summed E-state index contributed by atoms with van der Waals surface area (Å²) in [7, 11) is 3.68. The minimum Gasteiger partial charge on any atom is -0.351 e. The van der Waals surface area contributed by atoms with Crippen LogP contribution in [0.1, 0.15) is 39.0 Å². The van der Waals surface area contributed by atoms with Crippen molar-refractivity contribution in [2.75, 3.05) is 11.9 Å². The molecule has 146 valence electrons. The molecule has 0 aliphatic carbocycles. The van der Waals surface area contributed by atoms with Gasteiger partial charge in [-0.1, -0.05) is 0 Å². The van der Waals surface area contributed by atoms with Gasteiger partial charge in [-0.05, 0) is 50.6 Å². The number of amides is 2. The summed E-state index contributed by atoms with van der Waals surface area (Å²) in [6.45, 7) is 5.53. The molecular formula is C21H24N4O3. The number of fused-ring (bicyclic) bond motifs is 1. The van der Waals surface area contributed by atoms with Gasteiger partial charge in [0.2, 0.25) is 0 Å². The summed E-state index contributed by atoms with van der Waals surface area (Å²) in [5, 5.41) is 6.43. The normalized spacial score (nSPS) is 10.9. The van der Waals surface area contributed by atoms with E-state index in [0.717, 1.165) is 10.9 Å². The van der Waals surface area contributed by atoms with Crippen molar-refractivity contribution in [1.29, 1.82) is 0 Å². The van der Waals surface area contributed by atoms with Gasteiger partial charge in [-0.15, -0.1) is 0 Å². The van der Waals surface area contributed by atoms with Crippen LogP contribution in [0.2, 0.25) is 0 Å². The van der Waals surface area contributed by atoms with Gasteiger partial charge in [-0.25, -0.2) is 0 Å². The summed E-state index contributed by atoms with van der Waals surface area (Å²) < 4.78 is 3.66. The number of anilines is 1. The number of ketones is 1. The minimum absolute atomic E-state index is 0.275. The molecule has 0 unspecified atom stereocenters. The molecule has 2 N–H and O–H groups in total. The molecule has 7 heteroatoms. The molecule has 0 fully saturated rings. The molecule has 0 radical (unpaired) electrons. The summed E-state index contributed by atoms with van der Waals surface area (Å²) in [5.41, 5.74) is 3.44. The van der Waals surface area contributed by atoms with Crippen LogP contribution >= 0.6 is 0 Å². The van der Waals surface area contributed by atoms with Crippen molar-refractivity contribution in [3.05, 3.63) is 53.0 Å². The lowest BCUT2D eigenvalue weighted by molar-refractivity contribution is -0.116. The van der Waals surface area contributed by atoms with E-state index in [-0.39, 0.29) is 11.5 Å². The van der Waals surface area contributed by atoms with Gasteiger partial charge in [-0.3, -0.25) is 14.4 Å². The number of likely N-dealkylation sites (N-methyl/N-ethyl adjacent to an activating group) is 1. The molecule has 3 aromatic rings. The summed E-state index contributed by atoms with van der Waals surface area (Å²) in [6, 6.07) is 7.66. The Labute approximate surface area is 163 Å². The summed E-state index contributed by atoms with van der Waals surface area (Å²) in [4.78, 5) is 37.4. The number of nitrogens with zero attached hydrogens (tertiary/aromatic N) is 2. The van der Waals surface area contributed by atoms with Crippen LogP contribution in [-0.4, -0.2) is 33.3 Å². The Hall–Kier alpha value is -3.35. The van der Waals surface area contributed by atoms with E-state index in [2.05, 4.69) is 10.6 Å². The van der Waals surface area contributed by atoms with Gasteiger partial charge in [0, 0.05) is 49.1 Å². The number of hydrogen-bond donors (Lipinski definition) is 2. The third-order valence-corrected chi connectivity index (χ3v) is 5.06. The fourth-order valence-electron chi connectivity index (χ4n) is 3.54. The fraction of sp³-hybridized carbons (Fsp3) is 0.286. The van der Waals surface area contributed by atoms with Crippen molar-refractivity contribution in [1.82, 2.24) is 14.5 Å². The van der Waals surface area contributed by atoms with Crippen molar-refractivity contribution in [2.24, 2.45) is 14.1 Å². The molecular weight excluding hydrogens is 356 g/mol. The van der Waals surface area contributed by atoms with Gasteiger partial charge in [0.25, 0.3) is 17.6 Å². The highest BCUT2D eigenvalue weighted by molar-refractivity contribution is 6.43. The highest BCUT2D eigenvalue weighted by Gasteiger charge is 2.28. The summed E-state index contributed by atoms with van der Waals surface area (Å²) >= 11 is 0. The molecule has 2 heterocycles. The van der Waals surface area contributed by atoms with Crippen molar-refractivity contribution in [3.63, 3.8) is 0 Å². The van der Waals surface area contributed by atoms with Crippen LogP contribution < -0.4 is 10.6 Å². The monoisotopic (exact) mass is 380 g/mol. The summed E-state index contributed by atoms with van der Waals surface area (Å²) in [6.07, 6.45) is 1.96. The van der Waals surface area contributed by atoms with E-state index in [1.807, 2.05) is 42.1 Å². The molecule has 28 heavy (non-hydrogen) atoms. The van der Waals surface area contributed by atoms with E-state index >= 15 is 0 Å². The van der Waals surface area contributed by atoms with Gasteiger partial charge in [0.1, 0.15) is 5.69 Å². The van der Waals surface area contributed by atoms with Crippen LogP contribution in [0, 0.1) is 13.8 Å². The van der Waals surface area contributed by atoms with E-state index < -0.39 is 11.7 Å². The quantitative estimate of drug-likeness (QED) is 0.527. The molecule has 0 bridgehead atoms. The Balaban J connectivity index is 1.94. The van der Waals surface area contributed by atoms with Crippen molar-refractivity contribution in [2.45, 2.75) is 20.8 Å². The lowest BCUT2D eigenvalue weighted by Gasteiger charge is -2.09. The number of aryl methyl sites for hydroxylation is 1. The van der Waals surface area contributed by atoms with Crippen molar-refractivity contribution >= 4 is 34.2 Å². The first kappa shape index (κ1) is 19.4. The molecule has 3 rings (SSSR count). The maximum Gasteiger partial charge on any atom is 0.292 e. The Bertz CT molecular complexity index is 1100. The van der Waals surface area contributed by atoms with Gasteiger partial charge in [0.05, 0.1) is 5.56 Å². The predicted octanol–water partition coefficient (Wildman–Crippen LogP) is 2.70. The zero-order valence-electron chi connectivity index (χ0n) is 16.7. The molecule has 0 spiro atoms. The van der Waals surface area contributed by atoms with Crippen LogP contribution in [0.15, 0.2) is 30.5 Å². The van der Waals surface area contributed by atoms with Crippen LogP contribution in [0.3, 0.4) is 0 Å². The standard InChI is InChI=1S/C21H24N4O3/c1-6-22-21(28)19(26)17-12(2)18(25(5)13(17)3)20(27)23-15-7-8-16-14(11-15)9-10-24(16)4/h7-11H,6H2,1-5H3,(H,22,28)(H,23,27). The van der Waals surface area contributed by atoms with Crippen molar-refractivity contribution in [3.8, 4) is 0 Å². The number of rotatable bonds is 5. The molecule has 2 aromatic heterocycles. The Morgan fingerprint density at radius 3 is 2.46 bits per heavy atom. The van der Waals surface area contributed by atoms with Gasteiger partial charge in [-0.2, -0.15) is 0 Å². The number of carbonyl (C=O) groups is 3. The Kier molecular flexibility index (Phi) is 5.09.